The summed E-state index contributed by atoms with van der Waals surface area (Å²) in [5, 5.41) is 3.09. The van der Waals surface area contributed by atoms with Gasteiger partial charge in [-0.15, -0.1) is 0 Å². The highest BCUT2D eigenvalue weighted by Crippen LogP contribution is 2.47. The number of esters is 1. The average Bonchev–Trinajstić information content (AvgIpc) is 3.35. The fourth-order valence-corrected chi connectivity index (χ4v) is 3.08. The smallest absolute Gasteiger partial charge is 0.338 e. The first-order chi connectivity index (χ1) is 11.0. The van der Waals surface area contributed by atoms with Gasteiger partial charge in [-0.2, -0.15) is 0 Å². The van der Waals surface area contributed by atoms with Crippen molar-refractivity contribution in [1.82, 2.24) is 5.32 Å². The summed E-state index contributed by atoms with van der Waals surface area (Å²) in [4.78, 5) is 24.7. The molecule has 1 saturated carbocycles. The molecule has 0 aromatic heterocycles. The summed E-state index contributed by atoms with van der Waals surface area (Å²) in [6.07, 6.45) is 2.60. The lowest BCUT2D eigenvalue weighted by Gasteiger charge is -2.34. The SMILES string of the molecule is COC(=O)c1ccccc1C1(NC(=O)C2(N)CCOCC2)CC1. The summed E-state index contributed by atoms with van der Waals surface area (Å²) in [5.41, 5.74) is 6.15. The van der Waals surface area contributed by atoms with Gasteiger partial charge in [0.1, 0.15) is 0 Å². The third kappa shape index (κ3) is 2.96. The van der Waals surface area contributed by atoms with E-state index >= 15 is 0 Å². The Kier molecular flexibility index (Phi) is 4.12. The van der Waals surface area contributed by atoms with Crippen molar-refractivity contribution in [2.75, 3.05) is 20.3 Å². The number of amides is 1. The Bertz CT molecular complexity index is 619. The van der Waals surface area contributed by atoms with Crippen LogP contribution in [0.15, 0.2) is 24.3 Å². The van der Waals surface area contributed by atoms with Crippen LogP contribution in [0, 0.1) is 0 Å². The number of nitrogens with one attached hydrogen (secondary N) is 1. The lowest BCUT2D eigenvalue weighted by atomic mass is 9.89. The van der Waals surface area contributed by atoms with Crippen molar-refractivity contribution < 1.29 is 19.1 Å². The van der Waals surface area contributed by atoms with E-state index < -0.39 is 17.0 Å². The van der Waals surface area contributed by atoms with Gasteiger partial charge >= 0.3 is 5.97 Å². The first-order valence-electron chi connectivity index (χ1n) is 7.88. The lowest BCUT2D eigenvalue weighted by Crippen LogP contribution is -2.58. The van der Waals surface area contributed by atoms with Crippen LogP contribution in [0.3, 0.4) is 0 Å². The minimum atomic E-state index is -0.895. The predicted octanol–water partition coefficient (Wildman–Crippen LogP) is 1.09. The molecule has 0 atom stereocenters. The van der Waals surface area contributed by atoms with E-state index in [2.05, 4.69) is 5.32 Å². The highest BCUT2D eigenvalue weighted by molar-refractivity contribution is 5.93. The summed E-state index contributed by atoms with van der Waals surface area (Å²) in [6, 6.07) is 7.24. The molecule has 1 saturated heterocycles. The van der Waals surface area contributed by atoms with Crippen molar-refractivity contribution in [3.8, 4) is 0 Å². The molecular formula is C17H22N2O4. The van der Waals surface area contributed by atoms with E-state index in [-0.39, 0.29) is 5.91 Å². The van der Waals surface area contributed by atoms with E-state index in [1.54, 1.807) is 12.1 Å². The number of carbonyl (C=O) groups excluding carboxylic acids is 2. The van der Waals surface area contributed by atoms with Gasteiger partial charge in [0.05, 0.1) is 23.8 Å². The molecule has 1 aromatic carbocycles. The monoisotopic (exact) mass is 318 g/mol. The average molecular weight is 318 g/mol. The summed E-state index contributed by atoms with van der Waals surface area (Å²) < 4.78 is 10.1. The summed E-state index contributed by atoms with van der Waals surface area (Å²) in [7, 11) is 1.36. The van der Waals surface area contributed by atoms with Gasteiger partial charge in [-0.25, -0.2) is 4.79 Å². The normalized spacial score (nSPS) is 21.3. The van der Waals surface area contributed by atoms with Crippen molar-refractivity contribution in [3.63, 3.8) is 0 Å². The van der Waals surface area contributed by atoms with Crippen molar-refractivity contribution in [2.24, 2.45) is 5.73 Å². The highest BCUT2D eigenvalue weighted by atomic mass is 16.5. The van der Waals surface area contributed by atoms with Crippen molar-refractivity contribution in [1.29, 1.82) is 0 Å². The standard InChI is InChI=1S/C17H22N2O4/c1-22-14(20)12-4-2-3-5-13(12)17(6-7-17)19-15(21)16(18)8-10-23-11-9-16/h2-5H,6-11,18H2,1H3,(H,19,21). The zero-order valence-corrected chi connectivity index (χ0v) is 13.3. The van der Waals surface area contributed by atoms with Gasteiger partial charge in [-0.3, -0.25) is 4.79 Å². The van der Waals surface area contributed by atoms with Gasteiger partial charge in [-0.1, -0.05) is 18.2 Å². The van der Waals surface area contributed by atoms with Crippen molar-refractivity contribution in [3.05, 3.63) is 35.4 Å². The molecule has 3 N–H and O–H groups in total. The molecule has 1 amide bonds. The van der Waals surface area contributed by atoms with Crippen LogP contribution in [0.25, 0.3) is 0 Å². The number of benzene rings is 1. The Hall–Kier alpha value is -1.92. The Labute approximate surface area is 135 Å². The fourth-order valence-electron chi connectivity index (χ4n) is 3.08. The van der Waals surface area contributed by atoms with Crippen LogP contribution in [-0.4, -0.2) is 37.7 Å². The number of rotatable bonds is 4. The number of methoxy groups -OCH3 is 1. The van der Waals surface area contributed by atoms with Crippen LogP contribution in [0.1, 0.15) is 41.6 Å². The van der Waals surface area contributed by atoms with E-state index in [0.29, 0.717) is 31.6 Å². The van der Waals surface area contributed by atoms with E-state index in [1.807, 2.05) is 12.1 Å². The predicted molar refractivity (Wildman–Crippen MR) is 83.8 cm³/mol. The second kappa shape index (κ2) is 5.94. The van der Waals surface area contributed by atoms with Crippen LogP contribution < -0.4 is 11.1 Å². The van der Waals surface area contributed by atoms with Gasteiger partial charge in [-0.05, 0) is 37.3 Å². The molecule has 1 aliphatic carbocycles. The number of ether oxygens (including phenoxy) is 2. The van der Waals surface area contributed by atoms with E-state index in [9.17, 15) is 9.59 Å². The zero-order chi connectivity index (χ0) is 16.5. The number of carbonyl (C=O) groups is 2. The van der Waals surface area contributed by atoms with Crippen LogP contribution in [-0.2, 0) is 19.8 Å². The zero-order valence-electron chi connectivity index (χ0n) is 13.3. The molecule has 6 nitrogen and oxygen atoms in total. The molecule has 23 heavy (non-hydrogen) atoms. The molecule has 0 spiro atoms. The number of nitrogens with two attached hydrogens (primary N) is 1. The van der Waals surface area contributed by atoms with Crippen molar-refractivity contribution in [2.45, 2.75) is 36.8 Å². The second-order valence-electron chi connectivity index (χ2n) is 6.34. The minimum Gasteiger partial charge on any atom is -0.465 e. The molecule has 6 heteroatoms. The van der Waals surface area contributed by atoms with E-state index in [1.165, 1.54) is 7.11 Å². The first-order valence-corrected chi connectivity index (χ1v) is 7.88. The van der Waals surface area contributed by atoms with E-state index in [4.69, 9.17) is 15.2 Å². The molecule has 1 aliphatic heterocycles. The lowest BCUT2D eigenvalue weighted by molar-refractivity contribution is -0.130. The molecule has 2 fully saturated rings. The van der Waals surface area contributed by atoms with Crippen LogP contribution in [0.4, 0.5) is 0 Å². The second-order valence-corrected chi connectivity index (χ2v) is 6.34. The molecule has 1 aromatic rings. The fraction of sp³-hybridized carbons (Fsp3) is 0.529. The molecule has 0 radical (unpaired) electrons. The van der Waals surface area contributed by atoms with Gasteiger partial charge in [0.2, 0.25) is 5.91 Å². The Morgan fingerprint density at radius 2 is 1.83 bits per heavy atom. The van der Waals surface area contributed by atoms with E-state index in [0.717, 1.165) is 18.4 Å². The maximum Gasteiger partial charge on any atom is 0.338 e. The summed E-state index contributed by atoms with van der Waals surface area (Å²) >= 11 is 0. The largest absolute Gasteiger partial charge is 0.465 e. The molecule has 124 valence electrons. The number of hydrogen-bond donors (Lipinski definition) is 2. The molecular weight excluding hydrogens is 296 g/mol. The minimum absolute atomic E-state index is 0.169. The number of hydrogen-bond acceptors (Lipinski definition) is 5. The summed E-state index contributed by atoms with van der Waals surface area (Å²) in [5.74, 6) is -0.562. The maximum absolute atomic E-state index is 12.7. The van der Waals surface area contributed by atoms with Crippen LogP contribution in [0.2, 0.25) is 0 Å². The third-order valence-corrected chi connectivity index (χ3v) is 4.79. The Balaban J connectivity index is 1.83. The Morgan fingerprint density at radius 1 is 1.17 bits per heavy atom. The van der Waals surface area contributed by atoms with Crippen LogP contribution in [0.5, 0.6) is 0 Å². The van der Waals surface area contributed by atoms with Crippen molar-refractivity contribution >= 4 is 11.9 Å². The van der Waals surface area contributed by atoms with Gasteiger partial charge in [0, 0.05) is 13.2 Å². The van der Waals surface area contributed by atoms with Crippen LogP contribution >= 0.6 is 0 Å². The quantitative estimate of drug-likeness (QED) is 0.811. The molecule has 3 rings (SSSR count). The molecule has 2 aliphatic rings. The van der Waals surface area contributed by atoms with Gasteiger partial charge < -0.3 is 20.5 Å². The third-order valence-electron chi connectivity index (χ3n) is 4.79. The Morgan fingerprint density at radius 3 is 2.43 bits per heavy atom. The highest BCUT2D eigenvalue weighted by Gasteiger charge is 2.50. The first kappa shape index (κ1) is 16.0. The maximum atomic E-state index is 12.7. The van der Waals surface area contributed by atoms with Gasteiger partial charge in [0.15, 0.2) is 0 Å². The van der Waals surface area contributed by atoms with Gasteiger partial charge in [0.25, 0.3) is 0 Å². The summed E-state index contributed by atoms with van der Waals surface area (Å²) in [6.45, 7) is 0.991. The molecule has 0 unspecified atom stereocenters. The molecule has 0 bridgehead atoms. The molecule has 1 heterocycles. The topological polar surface area (TPSA) is 90.7 Å².